The van der Waals surface area contributed by atoms with Crippen molar-refractivity contribution in [2.24, 2.45) is 5.84 Å². The van der Waals surface area contributed by atoms with Gasteiger partial charge >= 0.3 is 0 Å². The summed E-state index contributed by atoms with van der Waals surface area (Å²) in [5.41, 5.74) is 2.97. The number of aryl methyl sites for hydroxylation is 1. The summed E-state index contributed by atoms with van der Waals surface area (Å²) in [7, 11) is 1.69. The van der Waals surface area contributed by atoms with Crippen LogP contribution < -0.4 is 11.3 Å². The van der Waals surface area contributed by atoms with Crippen LogP contribution in [0, 0.1) is 6.92 Å². The minimum Gasteiger partial charge on any atom is -0.381 e. The highest BCUT2D eigenvalue weighted by molar-refractivity contribution is 5.35. The van der Waals surface area contributed by atoms with Crippen molar-refractivity contribution in [1.29, 1.82) is 0 Å². The van der Waals surface area contributed by atoms with E-state index in [1.54, 1.807) is 13.2 Å². The van der Waals surface area contributed by atoms with Crippen LogP contribution in [-0.2, 0) is 15.1 Å². The lowest BCUT2D eigenvalue weighted by atomic mass is 9.93. The molecule has 1 aromatic heterocycles. The van der Waals surface area contributed by atoms with Crippen molar-refractivity contribution in [1.82, 2.24) is 9.97 Å². The molecule has 6 heteroatoms. The van der Waals surface area contributed by atoms with Crippen LogP contribution in [0.15, 0.2) is 6.07 Å². The molecule has 1 aliphatic heterocycles. The molecule has 0 amide bonds. The summed E-state index contributed by atoms with van der Waals surface area (Å²) in [4.78, 5) is 8.85. The highest BCUT2D eigenvalue weighted by atomic mass is 16.5. The third-order valence-electron chi connectivity index (χ3n) is 3.10. The third-order valence-corrected chi connectivity index (χ3v) is 3.10. The Balaban J connectivity index is 2.38. The Morgan fingerprint density at radius 3 is 2.71 bits per heavy atom. The van der Waals surface area contributed by atoms with Crippen LogP contribution in [-0.4, -0.2) is 30.3 Å². The summed E-state index contributed by atoms with van der Waals surface area (Å²) < 4.78 is 11.0. The van der Waals surface area contributed by atoms with Crippen LogP contribution >= 0.6 is 0 Å². The number of nitrogens with two attached hydrogens (primary N) is 1. The molecule has 1 aromatic rings. The zero-order chi connectivity index (χ0) is 12.3. The number of hydrogen-bond donors (Lipinski definition) is 2. The van der Waals surface area contributed by atoms with Crippen LogP contribution in [0.5, 0.6) is 0 Å². The molecular formula is C11H18N4O2. The van der Waals surface area contributed by atoms with Gasteiger partial charge in [-0.05, 0) is 6.92 Å². The van der Waals surface area contributed by atoms with Crippen LogP contribution in [0.3, 0.4) is 0 Å². The number of aromatic nitrogens is 2. The standard InChI is InChI=1S/C11H18N4O2/c1-8-7-9(15-12)14-10(13-8)11(16-2)3-5-17-6-4-11/h7H,3-6,12H2,1-2H3,(H,13,14,15). The zero-order valence-electron chi connectivity index (χ0n) is 10.2. The van der Waals surface area contributed by atoms with Crippen molar-refractivity contribution in [3.63, 3.8) is 0 Å². The number of hydrogen-bond acceptors (Lipinski definition) is 6. The van der Waals surface area contributed by atoms with E-state index in [0.29, 0.717) is 24.9 Å². The van der Waals surface area contributed by atoms with Gasteiger partial charge in [-0.2, -0.15) is 0 Å². The smallest absolute Gasteiger partial charge is 0.163 e. The average Bonchev–Trinajstić information content (AvgIpc) is 2.38. The molecule has 94 valence electrons. The van der Waals surface area contributed by atoms with E-state index in [1.165, 1.54) is 0 Å². The highest BCUT2D eigenvalue weighted by Gasteiger charge is 2.37. The lowest BCUT2D eigenvalue weighted by Crippen LogP contribution is -2.37. The topological polar surface area (TPSA) is 82.3 Å². The number of rotatable bonds is 3. The first-order valence-corrected chi connectivity index (χ1v) is 5.66. The van der Waals surface area contributed by atoms with Crippen molar-refractivity contribution in [2.45, 2.75) is 25.4 Å². The molecule has 0 aliphatic carbocycles. The fourth-order valence-electron chi connectivity index (χ4n) is 2.07. The van der Waals surface area contributed by atoms with Crippen LogP contribution in [0.2, 0.25) is 0 Å². The summed E-state index contributed by atoms with van der Waals surface area (Å²) in [6.07, 6.45) is 1.52. The van der Waals surface area contributed by atoms with Crippen LogP contribution in [0.4, 0.5) is 5.82 Å². The molecule has 17 heavy (non-hydrogen) atoms. The van der Waals surface area contributed by atoms with Gasteiger partial charge in [-0.25, -0.2) is 15.8 Å². The summed E-state index contributed by atoms with van der Waals surface area (Å²) in [5.74, 6) is 6.68. The number of methoxy groups -OCH3 is 1. The molecule has 1 saturated heterocycles. The summed E-state index contributed by atoms with van der Waals surface area (Å²) >= 11 is 0. The molecule has 0 radical (unpaired) electrons. The Hall–Kier alpha value is -1.24. The fraction of sp³-hybridized carbons (Fsp3) is 0.636. The van der Waals surface area contributed by atoms with E-state index in [9.17, 15) is 0 Å². The number of nitrogens with zero attached hydrogens (tertiary/aromatic N) is 2. The predicted molar refractivity (Wildman–Crippen MR) is 63.3 cm³/mol. The second-order valence-corrected chi connectivity index (χ2v) is 4.17. The normalized spacial score (nSPS) is 19.0. The number of nitrogens with one attached hydrogen (secondary N) is 1. The summed E-state index contributed by atoms with van der Waals surface area (Å²) in [6.45, 7) is 3.24. The average molecular weight is 238 g/mol. The van der Waals surface area contributed by atoms with Gasteiger partial charge in [0.2, 0.25) is 0 Å². The molecule has 1 aliphatic rings. The molecule has 3 N–H and O–H groups in total. The van der Waals surface area contributed by atoms with Crippen LogP contribution in [0.1, 0.15) is 24.4 Å². The first-order chi connectivity index (χ1) is 8.20. The van der Waals surface area contributed by atoms with Gasteiger partial charge in [-0.15, -0.1) is 0 Å². The van der Waals surface area contributed by atoms with E-state index in [0.717, 1.165) is 18.5 Å². The van der Waals surface area contributed by atoms with Crippen molar-refractivity contribution < 1.29 is 9.47 Å². The van der Waals surface area contributed by atoms with E-state index in [4.69, 9.17) is 15.3 Å². The van der Waals surface area contributed by atoms with Gasteiger partial charge in [0.1, 0.15) is 11.4 Å². The van der Waals surface area contributed by atoms with Gasteiger partial charge in [-0.1, -0.05) is 0 Å². The van der Waals surface area contributed by atoms with Crippen LogP contribution in [0.25, 0.3) is 0 Å². The first-order valence-electron chi connectivity index (χ1n) is 5.66. The van der Waals surface area contributed by atoms with Crippen molar-refractivity contribution in [2.75, 3.05) is 25.7 Å². The first kappa shape index (κ1) is 12.2. The van der Waals surface area contributed by atoms with E-state index in [2.05, 4.69) is 15.4 Å². The Labute approximate surface area is 101 Å². The van der Waals surface area contributed by atoms with E-state index >= 15 is 0 Å². The number of ether oxygens (including phenoxy) is 2. The molecule has 6 nitrogen and oxygen atoms in total. The molecule has 0 atom stereocenters. The van der Waals surface area contributed by atoms with E-state index in [-0.39, 0.29) is 0 Å². The molecule has 2 heterocycles. The van der Waals surface area contributed by atoms with E-state index in [1.807, 2.05) is 6.92 Å². The maximum absolute atomic E-state index is 5.65. The number of hydrazine groups is 1. The second-order valence-electron chi connectivity index (χ2n) is 4.17. The molecule has 0 bridgehead atoms. The lowest BCUT2D eigenvalue weighted by Gasteiger charge is -2.34. The maximum atomic E-state index is 5.65. The Morgan fingerprint density at radius 1 is 1.41 bits per heavy atom. The number of anilines is 1. The fourth-order valence-corrected chi connectivity index (χ4v) is 2.07. The van der Waals surface area contributed by atoms with Crippen molar-refractivity contribution >= 4 is 5.82 Å². The largest absolute Gasteiger partial charge is 0.381 e. The van der Waals surface area contributed by atoms with Gasteiger partial charge in [0.05, 0.1) is 0 Å². The minimum atomic E-state index is -0.449. The summed E-state index contributed by atoms with van der Waals surface area (Å²) in [6, 6.07) is 1.80. The Morgan fingerprint density at radius 2 is 2.12 bits per heavy atom. The monoisotopic (exact) mass is 238 g/mol. The summed E-state index contributed by atoms with van der Waals surface area (Å²) in [5, 5.41) is 0. The molecule has 0 aromatic carbocycles. The predicted octanol–water partition coefficient (Wildman–Crippen LogP) is 0.723. The molecule has 0 spiro atoms. The SMILES string of the molecule is COC1(c2nc(C)cc(NN)n2)CCOCC1. The Kier molecular flexibility index (Phi) is 3.56. The molecule has 1 fully saturated rings. The van der Waals surface area contributed by atoms with Gasteiger partial charge in [-0.3, -0.25) is 0 Å². The maximum Gasteiger partial charge on any atom is 0.163 e. The second kappa shape index (κ2) is 4.95. The third kappa shape index (κ3) is 2.38. The highest BCUT2D eigenvalue weighted by Crippen LogP contribution is 2.33. The minimum absolute atomic E-state index is 0.449. The van der Waals surface area contributed by atoms with Gasteiger partial charge in [0, 0.05) is 44.9 Å². The van der Waals surface area contributed by atoms with Crippen molar-refractivity contribution in [3.8, 4) is 0 Å². The van der Waals surface area contributed by atoms with Gasteiger partial charge in [0.25, 0.3) is 0 Å². The number of nitrogen functional groups attached to an aromatic ring is 1. The Bertz CT molecular complexity index is 391. The zero-order valence-corrected chi connectivity index (χ0v) is 10.2. The molecule has 2 rings (SSSR count). The molecular weight excluding hydrogens is 220 g/mol. The van der Waals surface area contributed by atoms with Gasteiger partial charge < -0.3 is 14.9 Å². The lowest BCUT2D eigenvalue weighted by molar-refractivity contribution is -0.1000. The quantitative estimate of drug-likeness (QED) is 0.596. The van der Waals surface area contributed by atoms with Gasteiger partial charge in [0.15, 0.2) is 5.82 Å². The van der Waals surface area contributed by atoms with Crippen molar-refractivity contribution in [3.05, 3.63) is 17.6 Å². The molecule has 0 unspecified atom stereocenters. The molecule has 0 saturated carbocycles. The van der Waals surface area contributed by atoms with E-state index < -0.39 is 5.60 Å².